The van der Waals surface area contributed by atoms with Crippen molar-refractivity contribution < 1.29 is 8.42 Å². The second kappa shape index (κ2) is 5.42. The lowest BCUT2D eigenvalue weighted by Crippen LogP contribution is -2.41. The number of hydrogen-bond donors (Lipinski definition) is 2. The maximum atomic E-state index is 12.1. The summed E-state index contributed by atoms with van der Waals surface area (Å²) in [7, 11) is 0.420. The Bertz CT molecular complexity index is 487. The number of nitrogens with zero attached hydrogens (tertiary/aromatic N) is 1. The predicted molar refractivity (Wildman–Crippen MR) is 70.8 cm³/mol. The Balaban J connectivity index is 1.97. The summed E-state index contributed by atoms with van der Waals surface area (Å²) in [4.78, 5) is 0.348. The van der Waals surface area contributed by atoms with Gasteiger partial charge in [0.25, 0.3) is 0 Å². The van der Waals surface area contributed by atoms with Crippen LogP contribution in [0.4, 0.5) is 0 Å². The third-order valence-electron chi connectivity index (χ3n) is 3.57. The third-order valence-corrected chi connectivity index (χ3v) is 5.08. The Kier molecular flexibility index (Phi) is 4.09. The zero-order valence-corrected chi connectivity index (χ0v) is 11.7. The Morgan fingerprint density at radius 2 is 1.83 bits per heavy atom. The first-order valence-electron chi connectivity index (χ1n) is 6.33. The lowest BCUT2D eigenvalue weighted by atomic mass is 9.92. The molecule has 1 saturated carbocycles. The van der Waals surface area contributed by atoms with Gasteiger partial charge in [-0.2, -0.15) is 0 Å². The molecule has 2 rings (SSSR count). The van der Waals surface area contributed by atoms with Gasteiger partial charge in [0.1, 0.15) is 0 Å². The predicted octanol–water partition coefficient (Wildman–Crippen LogP) is 0.834. The van der Waals surface area contributed by atoms with Crippen LogP contribution in [0, 0.1) is 0 Å². The van der Waals surface area contributed by atoms with Gasteiger partial charge >= 0.3 is 0 Å². The van der Waals surface area contributed by atoms with Gasteiger partial charge in [0.15, 0.2) is 0 Å². The molecule has 1 aromatic rings. The van der Waals surface area contributed by atoms with Gasteiger partial charge in [-0.15, -0.1) is 0 Å². The summed E-state index contributed by atoms with van der Waals surface area (Å²) in [5, 5.41) is 3.24. The van der Waals surface area contributed by atoms with Crippen LogP contribution in [0.15, 0.2) is 23.4 Å². The summed E-state index contributed by atoms with van der Waals surface area (Å²) in [6, 6.07) is 2.23. The molecule has 1 aromatic heterocycles. The van der Waals surface area contributed by atoms with E-state index in [0.717, 1.165) is 25.7 Å². The van der Waals surface area contributed by atoms with Gasteiger partial charge in [0, 0.05) is 31.5 Å². The van der Waals surface area contributed by atoms with Crippen molar-refractivity contribution in [3.8, 4) is 0 Å². The molecule has 0 atom stereocenters. The molecule has 1 heterocycles. The summed E-state index contributed by atoms with van der Waals surface area (Å²) in [5.41, 5.74) is 0. The van der Waals surface area contributed by atoms with Crippen molar-refractivity contribution >= 4 is 10.0 Å². The van der Waals surface area contributed by atoms with Crippen LogP contribution < -0.4 is 10.0 Å². The van der Waals surface area contributed by atoms with Crippen LogP contribution >= 0.6 is 0 Å². The molecule has 0 spiro atoms. The average Bonchev–Trinajstić information content (AvgIpc) is 2.77. The summed E-state index contributed by atoms with van der Waals surface area (Å²) < 4.78 is 28.8. The molecule has 18 heavy (non-hydrogen) atoms. The highest BCUT2D eigenvalue weighted by Gasteiger charge is 2.25. The zero-order chi connectivity index (χ0) is 13.2. The minimum absolute atomic E-state index is 0.0693. The van der Waals surface area contributed by atoms with Crippen molar-refractivity contribution in [2.75, 3.05) is 7.05 Å². The van der Waals surface area contributed by atoms with E-state index < -0.39 is 10.0 Å². The largest absolute Gasteiger partial charge is 0.356 e. The van der Waals surface area contributed by atoms with Crippen molar-refractivity contribution in [3.63, 3.8) is 0 Å². The molecular formula is C12H21N3O2S. The highest BCUT2D eigenvalue weighted by molar-refractivity contribution is 7.89. The molecule has 102 valence electrons. The topological polar surface area (TPSA) is 63.1 Å². The van der Waals surface area contributed by atoms with Crippen LogP contribution in [0.5, 0.6) is 0 Å². The Hall–Kier alpha value is -0.850. The molecule has 6 heteroatoms. The summed E-state index contributed by atoms with van der Waals surface area (Å²) in [6.07, 6.45) is 7.22. The smallest absolute Gasteiger partial charge is 0.242 e. The molecule has 0 amide bonds. The molecule has 0 unspecified atom stereocenters. The molecule has 1 aliphatic carbocycles. The van der Waals surface area contributed by atoms with E-state index in [1.807, 2.05) is 14.1 Å². The number of rotatable bonds is 4. The van der Waals surface area contributed by atoms with Gasteiger partial charge in [-0.3, -0.25) is 0 Å². The van der Waals surface area contributed by atoms with Crippen LogP contribution in [-0.4, -0.2) is 32.1 Å². The SMILES string of the molecule is CNC1CCC(NS(=O)(=O)c2ccn(C)c2)CC1. The molecule has 0 aromatic carbocycles. The molecular weight excluding hydrogens is 250 g/mol. The summed E-state index contributed by atoms with van der Waals surface area (Å²) in [5.74, 6) is 0. The average molecular weight is 271 g/mol. The number of aryl methyl sites for hydroxylation is 1. The third kappa shape index (κ3) is 3.13. The summed E-state index contributed by atoms with van der Waals surface area (Å²) in [6.45, 7) is 0. The minimum atomic E-state index is -3.35. The molecule has 1 fully saturated rings. The van der Waals surface area contributed by atoms with E-state index >= 15 is 0 Å². The molecule has 0 bridgehead atoms. The first-order chi connectivity index (χ1) is 8.51. The first-order valence-corrected chi connectivity index (χ1v) is 7.81. The number of hydrogen-bond acceptors (Lipinski definition) is 3. The Morgan fingerprint density at radius 1 is 1.22 bits per heavy atom. The van der Waals surface area contributed by atoms with Crippen molar-refractivity contribution in [2.24, 2.45) is 7.05 Å². The van der Waals surface area contributed by atoms with Gasteiger partial charge in [-0.05, 0) is 38.8 Å². The fraction of sp³-hybridized carbons (Fsp3) is 0.667. The standard InChI is InChI=1S/C12H21N3O2S/c1-13-10-3-5-11(6-4-10)14-18(16,17)12-7-8-15(2)9-12/h7-11,13-14H,3-6H2,1-2H3. The minimum Gasteiger partial charge on any atom is -0.356 e. The summed E-state index contributed by atoms with van der Waals surface area (Å²) >= 11 is 0. The lowest BCUT2D eigenvalue weighted by Gasteiger charge is -2.28. The van der Waals surface area contributed by atoms with Gasteiger partial charge < -0.3 is 9.88 Å². The Labute approximate surface area is 109 Å². The molecule has 0 radical (unpaired) electrons. The monoisotopic (exact) mass is 271 g/mol. The van der Waals surface area contributed by atoms with Gasteiger partial charge in [0.05, 0.1) is 4.90 Å². The van der Waals surface area contributed by atoms with Crippen LogP contribution in [0.1, 0.15) is 25.7 Å². The highest BCUT2D eigenvalue weighted by atomic mass is 32.2. The number of aromatic nitrogens is 1. The van der Waals surface area contributed by atoms with Gasteiger partial charge in [-0.25, -0.2) is 13.1 Å². The maximum Gasteiger partial charge on any atom is 0.242 e. The second-order valence-corrected chi connectivity index (χ2v) is 6.69. The van der Waals surface area contributed by atoms with Gasteiger partial charge in [0.2, 0.25) is 10.0 Å². The lowest BCUT2D eigenvalue weighted by molar-refractivity contribution is 0.343. The normalized spacial score (nSPS) is 25.2. The van der Waals surface area contributed by atoms with Crippen LogP contribution in [0.3, 0.4) is 0 Å². The second-order valence-electron chi connectivity index (χ2n) is 4.97. The van der Waals surface area contributed by atoms with Crippen molar-refractivity contribution in [3.05, 3.63) is 18.5 Å². The van der Waals surface area contributed by atoms with E-state index in [1.54, 1.807) is 23.0 Å². The highest BCUT2D eigenvalue weighted by Crippen LogP contribution is 2.20. The number of sulfonamides is 1. The van der Waals surface area contributed by atoms with Crippen molar-refractivity contribution in [1.82, 2.24) is 14.6 Å². The van der Waals surface area contributed by atoms with E-state index in [1.165, 1.54) is 0 Å². The van der Waals surface area contributed by atoms with Crippen LogP contribution in [-0.2, 0) is 17.1 Å². The van der Waals surface area contributed by atoms with E-state index in [4.69, 9.17) is 0 Å². The van der Waals surface area contributed by atoms with E-state index in [-0.39, 0.29) is 6.04 Å². The van der Waals surface area contributed by atoms with E-state index in [0.29, 0.717) is 10.9 Å². The van der Waals surface area contributed by atoms with Crippen LogP contribution in [0.2, 0.25) is 0 Å². The molecule has 5 nitrogen and oxygen atoms in total. The van der Waals surface area contributed by atoms with E-state index in [2.05, 4.69) is 10.0 Å². The van der Waals surface area contributed by atoms with Crippen molar-refractivity contribution in [1.29, 1.82) is 0 Å². The maximum absolute atomic E-state index is 12.1. The quantitative estimate of drug-likeness (QED) is 0.853. The zero-order valence-electron chi connectivity index (χ0n) is 10.9. The van der Waals surface area contributed by atoms with Crippen molar-refractivity contribution in [2.45, 2.75) is 42.7 Å². The first kappa shape index (κ1) is 13.6. The molecule has 0 aliphatic heterocycles. The fourth-order valence-electron chi connectivity index (χ4n) is 2.42. The van der Waals surface area contributed by atoms with Gasteiger partial charge in [-0.1, -0.05) is 0 Å². The Morgan fingerprint density at radius 3 is 2.33 bits per heavy atom. The molecule has 0 saturated heterocycles. The number of nitrogens with one attached hydrogen (secondary N) is 2. The fourth-order valence-corrected chi connectivity index (χ4v) is 3.78. The molecule has 2 N–H and O–H groups in total. The van der Waals surface area contributed by atoms with Crippen LogP contribution in [0.25, 0.3) is 0 Å². The molecule has 1 aliphatic rings. The van der Waals surface area contributed by atoms with E-state index in [9.17, 15) is 8.42 Å².